The molecular formula is C10H15ClN2. The summed E-state index contributed by atoms with van der Waals surface area (Å²) in [5, 5.41) is 3.94. The Labute approximate surface area is 84.1 Å². The Morgan fingerprint density at radius 1 is 1.46 bits per heavy atom. The maximum absolute atomic E-state index is 5.77. The highest BCUT2D eigenvalue weighted by atomic mass is 35.5. The summed E-state index contributed by atoms with van der Waals surface area (Å²) in [6.07, 6.45) is 2.34. The van der Waals surface area contributed by atoms with Gasteiger partial charge < -0.3 is 11.1 Å². The van der Waals surface area contributed by atoms with Gasteiger partial charge in [0.25, 0.3) is 0 Å². The van der Waals surface area contributed by atoms with Gasteiger partial charge in [-0.2, -0.15) is 0 Å². The first-order chi connectivity index (χ1) is 6.24. The zero-order chi connectivity index (χ0) is 9.68. The molecule has 0 aliphatic carbocycles. The lowest BCUT2D eigenvalue weighted by Crippen LogP contribution is -2.03. The second-order valence-electron chi connectivity index (χ2n) is 3.01. The van der Waals surface area contributed by atoms with Crippen LogP contribution in [0, 0.1) is 0 Å². The lowest BCUT2D eigenvalue weighted by atomic mass is 10.2. The average Bonchev–Trinajstić information content (AvgIpc) is 2.09. The largest absolute Gasteiger partial charge is 0.397 e. The summed E-state index contributed by atoms with van der Waals surface area (Å²) in [6.45, 7) is 3.12. The van der Waals surface area contributed by atoms with Crippen LogP contribution in [-0.4, -0.2) is 6.54 Å². The molecule has 0 spiro atoms. The number of halogens is 1. The Morgan fingerprint density at radius 3 is 2.85 bits per heavy atom. The summed E-state index contributed by atoms with van der Waals surface area (Å²) in [7, 11) is 0. The van der Waals surface area contributed by atoms with Gasteiger partial charge in [-0.3, -0.25) is 0 Å². The molecule has 0 saturated heterocycles. The predicted octanol–water partition coefficient (Wildman–Crippen LogP) is 3.13. The molecule has 0 bridgehead atoms. The molecule has 0 aromatic heterocycles. The van der Waals surface area contributed by atoms with E-state index >= 15 is 0 Å². The van der Waals surface area contributed by atoms with Crippen LogP contribution >= 0.6 is 11.6 Å². The molecular weight excluding hydrogens is 184 g/mol. The lowest BCUT2D eigenvalue weighted by molar-refractivity contribution is 0.834. The lowest BCUT2D eigenvalue weighted by Gasteiger charge is -2.08. The van der Waals surface area contributed by atoms with Crippen LogP contribution in [0.1, 0.15) is 19.8 Å². The molecule has 0 aliphatic heterocycles. The topological polar surface area (TPSA) is 38.0 Å². The highest BCUT2D eigenvalue weighted by molar-refractivity contribution is 6.31. The number of nitrogens with one attached hydrogen (secondary N) is 1. The van der Waals surface area contributed by atoms with Gasteiger partial charge in [-0.05, 0) is 24.6 Å². The molecule has 0 saturated carbocycles. The van der Waals surface area contributed by atoms with Gasteiger partial charge in [-0.15, -0.1) is 0 Å². The van der Waals surface area contributed by atoms with Crippen LogP contribution in [0.2, 0.25) is 5.02 Å². The SMILES string of the molecule is CCCCNc1ccc(Cl)cc1N. The van der Waals surface area contributed by atoms with E-state index in [0.29, 0.717) is 10.7 Å². The molecule has 1 aromatic carbocycles. The Bertz CT molecular complexity index is 274. The zero-order valence-electron chi connectivity index (χ0n) is 7.81. The molecule has 3 N–H and O–H groups in total. The van der Waals surface area contributed by atoms with E-state index in [1.54, 1.807) is 6.07 Å². The molecule has 1 aromatic rings. The molecule has 3 heteroatoms. The van der Waals surface area contributed by atoms with Crippen molar-refractivity contribution in [2.75, 3.05) is 17.6 Å². The van der Waals surface area contributed by atoms with E-state index in [0.717, 1.165) is 18.7 Å². The smallest absolute Gasteiger partial charge is 0.0574 e. The van der Waals surface area contributed by atoms with Gasteiger partial charge in [0.1, 0.15) is 0 Å². The summed E-state index contributed by atoms with van der Waals surface area (Å²) in [5.74, 6) is 0. The predicted molar refractivity (Wildman–Crippen MR) is 59.3 cm³/mol. The molecule has 13 heavy (non-hydrogen) atoms. The Hall–Kier alpha value is -0.890. The van der Waals surface area contributed by atoms with Crippen LogP contribution in [0.15, 0.2) is 18.2 Å². The van der Waals surface area contributed by atoms with Crippen molar-refractivity contribution in [3.05, 3.63) is 23.2 Å². The third-order valence-electron chi connectivity index (χ3n) is 1.86. The molecule has 72 valence electrons. The van der Waals surface area contributed by atoms with Crippen molar-refractivity contribution in [3.8, 4) is 0 Å². The minimum atomic E-state index is 0.679. The van der Waals surface area contributed by atoms with E-state index in [4.69, 9.17) is 17.3 Å². The van der Waals surface area contributed by atoms with E-state index in [1.165, 1.54) is 6.42 Å². The van der Waals surface area contributed by atoms with E-state index in [1.807, 2.05) is 12.1 Å². The first-order valence-corrected chi connectivity index (χ1v) is 4.90. The van der Waals surface area contributed by atoms with Gasteiger partial charge >= 0.3 is 0 Å². The van der Waals surface area contributed by atoms with Gasteiger partial charge in [0.2, 0.25) is 0 Å². The van der Waals surface area contributed by atoms with Gasteiger partial charge in [-0.1, -0.05) is 24.9 Å². The van der Waals surface area contributed by atoms with Crippen LogP contribution in [-0.2, 0) is 0 Å². The minimum absolute atomic E-state index is 0.679. The van der Waals surface area contributed by atoms with Gasteiger partial charge in [0.15, 0.2) is 0 Å². The Balaban J connectivity index is 2.56. The van der Waals surface area contributed by atoms with E-state index in [-0.39, 0.29) is 0 Å². The van der Waals surface area contributed by atoms with E-state index < -0.39 is 0 Å². The third-order valence-corrected chi connectivity index (χ3v) is 2.09. The van der Waals surface area contributed by atoms with Crippen molar-refractivity contribution in [1.82, 2.24) is 0 Å². The third kappa shape index (κ3) is 3.15. The van der Waals surface area contributed by atoms with Gasteiger partial charge in [-0.25, -0.2) is 0 Å². The summed E-state index contributed by atoms with van der Waals surface area (Å²) in [4.78, 5) is 0. The number of hydrogen-bond donors (Lipinski definition) is 2. The normalized spacial score (nSPS) is 10.0. The minimum Gasteiger partial charge on any atom is -0.397 e. The fraction of sp³-hybridized carbons (Fsp3) is 0.400. The van der Waals surface area contributed by atoms with Crippen molar-refractivity contribution < 1.29 is 0 Å². The highest BCUT2D eigenvalue weighted by Gasteiger charge is 1.97. The number of unbranched alkanes of at least 4 members (excludes halogenated alkanes) is 1. The summed E-state index contributed by atoms with van der Waals surface area (Å²) >= 11 is 5.77. The summed E-state index contributed by atoms with van der Waals surface area (Å²) in [6, 6.07) is 5.51. The van der Waals surface area contributed by atoms with Crippen LogP contribution in [0.4, 0.5) is 11.4 Å². The molecule has 0 atom stereocenters. The Kier molecular flexibility index (Phi) is 3.90. The fourth-order valence-corrected chi connectivity index (χ4v) is 1.27. The second kappa shape index (κ2) is 4.97. The number of hydrogen-bond acceptors (Lipinski definition) is 2. The molecule has 0 fully saturated rings. The van der Waals surface area contributed by atoms with Gasteiger partial charge in [0, 0.05) is 11.6 Å². The zero-order valence-corrected chi connectivity index (χ0v) is 8.56. The van der Waals surface area contributed by atoms with Crippen molar-refractivity contribution in [2.45, 2.75) is 19.8 Å². The Morgan fingerprint density at radius 2 is 2.23 bits per heavy atom. The first kappa shape index (κ1) is 10.2. The van der Waals surface area contributed by atoms with Crippen molar-refractivity contribution in [1.29, 1.82) is 0 Å². The number of anilines is 2. The van der Waals surface area contributed by atoms with Gasteiger partial charge in [0.05, 0.1) is 11.4 Å². The summed E-state index contributed by atoms with van der Waals surface area (Å²) < 4.78 is 0. The summed E-state index contributed by atoms with van der Waals surface area (Å²) in [5.41, 5.74) is 7.44. The maximum Gasteiger partial charge on any atom is 0.0574 e. The van der Waals surface area contributed by atoms with Crippen LogP contribution < -0.4 is 11.1 Å². The molecule has 0 aliphatic rings. The maximum atomic E-state index is 5.77. The molecule has 0 radical (unpaired) electrons. The van der Waals surface area contributed by atoms with Crippen molar-refractivity contribution in [3.63, 3.8) is 0 Å². The number of rotatable bonds is 4. The first-order valence-electron chi connectivity index (χ1n) is 4.53. The standard InChI is InChI=1S/C10H15ClN2/c1-2-3-6-13-10-5-4-8(11)7-9(10)12/h4-5,7,13H,2-3,6,12H2,1H3. The average molecular weight is 199 g/mol. The number of nitrogen functional groups attached to an aromatic ring is 1. The number of benzene rings is 1. The monoisotopic (exact) mass is 198 g/mol. The molecule has 0 heterocycles. The van der Waals surface area contributed by atoms with Crippen molar-refractivity contribution in [2.24, 2.45) is 0 Å². The van der Waals surface area contributed by atoms with Crippen molar-refractivity contribution >= 4 is 23.0 Å². The number of nitrogens with two attached hydrogens (primary N) is 1. The van der Waals surface area contributed by atoms with Crippen LogP contribution in [0.25, 0.3) is 0 Å². The quantitative estimate of drug-likeness (QED) is 0.576. The van der Waals surface area contributed by atoms with E-state index in [2.05, 4.69) is 12.2 Å². The van der Waals surface area contributed by atoms with Crippen LogP contribution in [0.3, 0.4) is 0 Å². The highest BCUT2D eigenvalue weighted by Crippen LogP contribution is 2.22. The molecule has 0 unspecified atom stereocenters. The molecule has 2 nitrogen and oxygen atoms in total. The van der Waals surface area contributed by atoms with E-state index in [9.17, 15) is 0 Å². The fourth-order valence-electron chi connectivity index (χ4n) is 1.09. The molecule has 0 amide bonds. The molecule has 1 rings (SSSR count). The van der Waals surface area contributed by atoms with Crippen LogP contribution in [0.5, 0.6) is 0 Å². The second-order valence-corrected chi connectivity index (χ2v) is 3.45.